The van der Waals surface area contributed by atoms with E-state index in [4.69, 9.17) is 5.73 Å². The number of pyridine rings is 1. The van der Waals surface area contributed by atoms with Gasteiger partial charge in [0, 0.05) is 42.7 Å². The number of hydrogen-bond acceptors (Lipinski definition) is 4. The lowest BCUT2D eigenvalue weighted by Crippen LogP contribution is -2.33. The van der Waals surface area contributed by atoms with Gasteiger partial charge < -0.3 is 16.0 Å². The zero-order valence-corrected chi connectivity index (χ0v) is 13.4. The fraction of sp³-hybridized carbons (Fsp3) is 0.400. The van der Waals surface area contributed by atoms with Gasteiger partial charge in [0.2, 0.25) is 0 Å². The van der Waals surface area contributed by atoms with E-state index >= 15 is 0 Å². The van der Waals surface area contributed by atoms with Gasteiger partial charge in [0.15, 0.2) is 5.96 Å². The molecule has 0 amide bonds. The number of H-pyrrole nitrogens is 1. The van der Waals surface area contributed by atoms with Gasteiger partial charge in [0.05, 0.1) is 12.0 Å². The van der Waals surface area contributed by atoms with Gasteiger partial charge in [-0.2, -0.15) is 11.8 Å². The van der Waals surface area contributed by atoms with Crippen molar-refractivity contribution in [3.63, 3.8) is 0 Å². The molecule has 2 aromatic rings. The first-order valence-electron chi connectivity index (χ1n) is 7.33. The number of aromatic amines is 1. The fourth-order valence-electron chi connectivity index (χ4n) is 1.86. The van der Waals surface area contributed by atoms with Crippen LogP contribution in [0.5, 0.6) is 0 Å². The average Bonchev–Trinajstić information content (AvgIpc) is 3.06. The van der Waals surface area contributed by atoms with Crippen LogP contribution >= 0.6 is 11.8 Å². The van der Waals surface area contributed by atoms with Gasteiger partial charge in [0.25, 0.3) is 0 Å². The zero-order valence-electron chi connectivity index (χ0n) is 12.5. The number of aliphatic imine (C=N–C) groups is 1. The molecule has 2 rings (SSSR count). The number of aryl methyl sites for hydroxylation is 1. The van der Waals surface area contributed by atoms with E-state index in [1.54, 1.807) is 6.33 Å². The summed E-state index contributed by atoms with van der Waals surface area (Å²) in [6.07, 6.45) is 7.25. The zero-order chi connectivity index (χ0) is 15.5. The maximum Gasteiger partial charge on any atom is 0.188 e. The third-order valence-electron chi connectivity index (χ3n) is 2.97. The third-order valence-corrected chi connectivity index (χ3v) is 3.96. The second kappa shape index (κ2) is 9.83. The van der Waals surface area contributed by atoms with Crippen LogP contribution in [0.3, 0.4) is 0 Å². The average molecular weight is 318 g/mol. The van der Waals surface area contributed by atoms with Gasteiger partial charge in [-0.15, -0.1) is 0 Å². The molecule has 6 nitrogen and oxygen atoms in total. The minimum atomic E-state index is 0.517. The van der Waals surface area contributed by atoms with E-state index < -0.39 is 0 Å². The molecule has 0 fully saturated rings. The van der Waals surface area contributed by atoms with Gasteiger partial charge in [-0.05, 0) is 25.0 Å². The van der Waals surface area contributed by atoms with Gasteiger partial charge in [-0.25, -0.2) is 4.98 Å². The van der Waals surface area contributed by atoms with Crippen LogP contribution in [0.25, 0.3) is 0 Å². The van der Waals surface area contributed by atoms with E-state index in [2.05, 4.69) is 25.3 Å². The molecule has 0 radical (unpaired) electrons. The van der Waals surface area contributed by atoms with E-state index in [1.165, 1.54) is 0 Å². The Morgan fingerprint density at radius 1 is 1.41 bits per heavy atom. The molecule has 0 aliphatic rings. The number of hydrogen-bond donors (Lipinski definition) is 3. The number of aromatic nitrogens is 3. The first-order chi connectivity index (χ1) is 10.8. The Bertz CT molecular complexity index is 540. The molecule has 0 aliphatic carbocycles. The topological polar surface area (TPSA) is 92.0 Å². The summed E-state index contributed by atoms with van der Waals surface area (Å²) in [7, 11) is 0. The van der Waals surface area contributed by atoms with Crippen LogP contribution in [0, 0.1) is 0 Å². The Kier molecular flexibility index (Phi) is 7.31. The summed E-state index contributed by atoms with van der Waals surface area (Å²) in [6, 6.07) is 5.98. The van der Waals surface area contributed by atoms with Crippen LogP contribution < -0.4 is 11.1 Å². The summed E-state index contributed by atoms with van der Waals surface area (Å²) in [5.74, 6) is 2.41. The molecule has 4 N–H and O–H groups in total. The molecule has 0 saturated carbocycles. The van der Waals surface area contributed by atoms with Gasteiger partial charge in [0.1, 0.15) is 0 Å². The maximum absolute atomic E-state index is 5.82. The van der Waals surface area contributed by atoms with E-state index in [0.29, 0.717) is 5.96 Å². The number of nitrogens with one attached hydrogen (secondary N) is 2. The van der Waals surface area contributed by atoms with Crippen molar-refractivity contribution in [2.75, 3.05) is 18.8 Å². The van der Waals surface area contributed by atoms with E-state index in [-0.39, 0.29) is 0 Å². The van der Waals surface area contributed by atoms with Gasteiger partial charge in [-0.3, -0.25) is 9.98 Å². The Hall–Kier alpha value is -2.02. The summed E-state index contributed by atoms with van der Waals surface area (Å²) in [6.45, 7) is 1.53. The third kappa shape index (κ3) is 6.62. The van der Waals surface area contributed by atoms with Crippen LogP contribution in [0.2, 0.25) is 0 Å². The Morgan fingerprint density at radius 2 is 2.36 bits per heavy atom. The van der Waals surface area contributed by atoms with Crippen molar-refractivity contribution in [2.45, 2.75) is 18.6 Å². The second-order valence-corrected chi connectivity index (χ2v) is 5.85. The van der Waals surface area contributed by atoms with Crippen molar-refractivity contribution >= 4 is 17.7 Å². The van der Waals surface area contributed by atoms with Crippen molar-refractivity contribution in [1.82, 2.24) is 20.3 Å². The molecular formula is C15H22N6S. The lowest BCUT2D eigenvalue weighted by Gasteiger charge is -2.05. The SMILES string of the molecule is NC(=NCCCc1cnc[nH]1)NCCSCc1ccccn1. The molecule has 0 unspecified atom stereocenters. The van der Waals surface area contributed by atoms with E-state index in [1.807, 2.05) is 42.4 Å². The molecule has 2 heterocycles. The summed E-state index contributed by atoms with van der Waals surface area (Å²) >= 11 is 1.83. The number of nitrogens with two attached hydrogens (primary N) is 1. The van der Waals surface area contributed by atoms with Crippen molar-refractivity contribution in [1.29, 1.82) is 0 Å². The molecule has 7 heteroatoms. The molecule has 22 heavy (non-hydrogen) atoms. The monoisotopic (exact) mass is 318 g/mol. The Balaban J connectivity index is 1.49. The first kappa shape index (κ1) is 16.4. The Morgan fingerprint density at radius 3 is 3.14 bits per heavy atom. The largest absolute Gasteiger partial charge is 0.370 e. The quantitative estimate of drug-likeness (QED) is 0.371. The molecule has 0 bridgehead atoms. The number of nitrogens with zero attached hydrogens (tertiary/aromatic N) is 3. The normalized spacial score (nSPS) is 11.5. The first-order valence-corrected chi connectivity index (χ1v) is 8.49. The summed E-state index contributed by atoms with van der Waals surface area (Å²) in [5, 5.41) is 3.13. The van der Waals surface area contributed by atoms with Gasteiger partial charge >= 0.3 is 0 Å². The summed E-state index contributed by atoms with van der Waals surface area (Å²) in [4.78, 5) is 15.6. The number of thioether (sulfide) groups is 1. The predicted octanol–water partition coefficient (Wildman–Crippen LogP) is 1.57. The number of imidazole rings is 1. The van der Waals surface area contributed by atoms with E-state index in [9.17, 15) is 0 Å². The molecule has 2 aromatic heterocycles. The van der Waals surface area contributed by atoms with Crippen LogP contribution in [-0.2, 0) is 12.2 Å². The minimum Gasteiger partial charge on any atom is -0.370 e. The molecular weight excluding hydrogens is 296 g/mol. The van der Waals surface area contributed by atoms with Crippen LogP contribution in [0.4, 0.5) is 0 Å². The molecule has 0 aliphatic heterocycles. The smallest absolute Gasteiger partial charge is 0.188 e. The lowest BCUT2D eigenvalue weighted by atomic mass is 10.2. The Labute approximate surface area is 135 Å². The standard InChI is InChI=1S/C15H22N6S/c16-15(19-7-3-5-13-10-17-12-21-13)20-8-9-22-11-14-4-1-2-6-18-14/h1-2,4,6,10,12H,3,5,7-9,11H2,(H,17,21)(H3,16,19,20). The van der Waals surface area contributed by atoms with Crippen molar-refractivity contribution in [2.24, 2.45) is 10.7 Å². The van der Waals surface area contributed by atoms with E-state index in [0.717, 1.165) is 48.8 Å². The van der Waals surface area contributed by atoms with Crippen molar-refractivity contribution in [3.05, 3.63) is 48.3 Å². The van der Waals surface area contributed by atoms with Crippen LogP contribution in [0.15, 0.2) is 41.9 Å². The van der Waals surface area contributed by atoms with Crippen LogP contribution in [0.1, 0.15) is 17.8 Å². The highest BCUT2D eigenvalue weighted by Crippen LogP contribution is 2.07. The highest BCUT2D eigenvalue weighted by Gasteiger charge is 1.96. The molecule has 0 aromatic carbocycles. The van der Waals surface area contributed by atoms with Crippen LogP contribution in [-0.4, -0.2) is 39.8 Å². The summed E-state index contributed by atoms with van der Waals surface area (Å²) in [5.41, 5.74) is 8.06. The molecule has 0 atom stereocenters. The second-order valence-electron chi connectivity index (χ2n) is 4.75. The highest BCUT2D eigenvalue weighted by atomic mass is 32.2. The molecule has 0 spiro atoms. The highest BCUT2D eigenvalue weighted by molar-refractivity contribution is 7.98. The lowest BCUT2D eigenvalue weighted by molar-refractivity contribution is 0.806. The maximum atomic E-state index is 5.82. The van der Waals surface area contributed by atoms with Gasteiger partial charge in [-0.1, -0.05) is 6.07 Å². The molecule has 118 valence electrons. The minimum absolute atomic E-state index is 0.517. The van der Waals surface area contributed by atoms with Crippen molar-refractivity contribution in [3.8, 4) is 0 Å². The predicted molar refractivity (Wildman–Crippen MR) is 91.8 cm³/mol. The number of guanidine groups is 1. The summed E-state index contributed by atoms with van der Waals surface area (Å²) < 4.78 is 0. The fourth-order valence-corrected chi connectivity index (χ4v) is 2.63. The molecule has 0 saturated heterocycles. The number of rotatable bonds is 9. The van der Waals surface area contributed by atoms with Crippen molar-refractivity contribution < 1.29 is 0 Å².